The quantitative estimate of drug-likeness (QED) is 0.0192. The van der Waals surface area contributed by atoms with Crippen molar-refractivity contribution in [2.45, 2.75) is 43.8 Å². The van der Waals surface area contributed by atoms with Crippen LogP contribution in [0.2, 0.25) is 0 Å². The van der Waals surface area contributed by atoms with Crippen molar-refractivity contribution in [1.82, 2.24) is 57.3 Å². The number of methoxy groups -OCH3 is 2. The summed E-state index contributed by atoms with van der Waals surface area (Å²) in [5.74, 6) is 2.38. The molecule has 2 saturated heterocycles. The lowest BCUT2D eigenvalue weighted by molar-refractivity contribution is -0.907. The van der Waals surface area contributed by atoms with Crippen molar-refractivity contribution in [3.8, 4) is 80.1 Å². The average Bonchev–Trinajstić information content (AvgIpc) is 1.60. The Morgan fingerprint density at radius 3 is 1.17 bits per heavy atom. The van der Waals surface area contributed by atoms with Crippen LogP contribution < -0.4 is 73.1 Å². The Balaban J connectivity index is 0.000000150. The molecule has 35 nitrogen and oxygen atoms in total. The molecule has 0 radical (unpaired) electrons. The van der Waals surface area contributed by atoms with E-state index < -0.39 is 33.4 Å². The largest absolute Gasteiger partial charge is 0.633 e. The van der Waals surface area contributed by atoms with Gasteiger partial charge in [0, 0.05) is 75.8 Å². The minimum absolute atomic E-state index is 0.0824. The number of para-hydroxylation sites is 1. The summed E-state index contributed by atoms with van der Waals surface area (Å²) in [6.07, 6.45) is 17.5. The summed E-state index contributed by atoms with van der Waals surface area (Å²) in [5, 5.41) is 15.5. The number of amides is 3. The fraction of sp³-hybridized carbons (Fsp3) is 0.228. The van der Waals surface area contributed by atoms with Gasteiger partial charge < -0.3 is 84.3 Å². The second-order valence-corrected chi connectivity index (χ2v) is 34.5. The van der Waals surface area contributed by atoms with Gasteiger partial charge in [0.1, 0.15) is 105 Å². The number of nitrogen functional groups attached to an aromatic ring is 3. The van der Waals surface area contributed by atoms with Crippen LogP contribution in [-0.2, 0) is 23.9 Å². The highest BCUT2D eigenvalue weighted by Gasteiger charge is 2.36. The molecule has 6 aromatic heterocycles. The van der Waals surface area contributed by atoms with Gasteiger partial charge >= 0.3 is 17.1 Å². The normalized spacial score (nSPS) is 14.8. The number of hydrogen-bond donors (Lipinski definition) is 4. The number of nitrogens with zero attached hydrogens (tertiary/aromatic N) is 17. The number of carbonyl (C=O) groups is 3. The number of quaternary nitrogens is 3. The van der Waals surface area contributed by atoms with Gasteiger partial charge in [0.15, 0.2) is 34.4 Å². The Hall–Kier alpha value is -16.3. The second kappa shape index (κ2) is 40.9. The van der Waals surface area contributed by atoms with Gasteiger partial charge in [-0.15, -0.1) is 0 Å². The van der Waals surface area contributed by atoms with Crippen LogP contribution in [0.1, 0.15) is 25.7 Å². The molecule has 708 valence electrons. The first-order chi connectivity index (χ1) is 66.4. The number of benzene rings is 9. The Morgan fingerprint density at radius 2 is 0.790 bits per heavy atom. The van der Waals surface area contributed by atoms with E-state index in [4.69, 9.17) is 50.4 Å². The predicted molar refractivity (Wildman–Crippen MR) is 522 cm³/mol. The molecule has 18 rings (SSSR count). The third-order valence-electron chi connectivity index (χ3n) is 24.4. The van der Waals surface area contributed by atoms with Crippen molar-refractivity contribution in [1.29, 1.82) is 0 Å². The van der Waals surface area contributed by atoms with Crippen LogP contribution in [-0.4, -0.2) is 216 Å². The van der Waals surface area contributed by atoms with Gasteiger partial charge in [-0.3, -0.25) is 28.1 Å². The molecule has 1 saturated carbocycles. The number of imidazole rings is 3. The molecule has 3 aliphatic rings. The van der Waals surface area contributed by atoms with E-state index in [1.807, 2.05) is 42.5 Å². The molecule has 8 heterocycles. The number of aromatic nitrogens is 12. The van der Waals surface area contributed by atoms with E-state index in [-0.39, 0.29) is 58.9 Å². The smallest absolute Gasteiger partial charge is 0.339 e. The van der Waals surface area contributed by atoms with Gasteiger partial charge in [0.25, 0.3) is 11.8 Å². The molecule has 0 spiro atoms. The summed E-state index contributed by atoms with van der Waals surface area (Å²) in [6, 6.07) is 59.4. The summed E-state index contributed by atoms with van der Waals surface area (Å²) >= 11 is 0. The summed E-state index contributed by atoms with van der Waals surface area (Å²) in [6.45, 7) is 4.54. The zero-order chi connectivity index (χ0) is 97.3. The van der Waals surface area contributed by atoms with Gasteiger partial charge in [-0.05, 0) is 182 Å². The van der Waals surface area contributed by atoms with E-state index >= 15 is 0 Å². The van der Waals surface area contributed by atoms with E-state index in [1.165, 1.54) is 107 Å². The lowest BCUT2D eigenvalue weighted by atomic mass is 10.2. The van der Waals surface area contributed by atoms with Crippen molar-refractivity contribution >= 4 is 85.7 Å². The Labute approximate surface area is 790 Å². The number of hydroxylamine groups is 3. The zero-order valence-electron chi connectivity index (χ0n) is 77.2. The molecule has 7 N–H and O–H groups in total. The molecular weight excluding hydrogens is 1770 g/mol. The van der Waals surface area contributed by atoms with Crippen molar-refractivity contribution < 1.29 is 69.9 Å². The highest BCUT2D eigenvalue weighted by Crippen LogP contribution is 2.38. The van der Waals surface area contributed by atoms with Gasteiger partial charge in [-0.25, -0.2) is 66.8 Å². The molecule has 15 aromatic rings. The number of nitrogens with two attached hydrogens (primary N) is 3. The third kappa shape index (κ3) is 20.9. The average molecular weight is 1870 g/mol. The molecule has 3 atom stereocenters. The molecule has 0 bridgehead atoms. The number of rotatable bonds is 29. The van der Waals surface area contributed by atoms with Crippen LogP contribution >= 0.6 is 0 Å². The van der Waals surface area contributed by atoms with Gasteiger partial charge in [-0.2, -0.15) is 0 Å². The van der Waals surface area contributed by atoms with Crippen molar-refractivity contribution in [3.05, 3.63) is 316 Å². The SMILES string of the molecule is COc1ccc(-n2c(=O)n(-c3ccc(Oc4cccc(F)c4)cc3)c3c(N)ncnc32)cc1N(C)C(=O)/C=C/C[N+](C)([O-])C1CC1.COc1ccc(-n2c(=O)n(-c3ccc(Oc4ccccc4)cc3)c3c(N)ncnc32)cc1N(C)C(=O)/C=C/C[N+](C)(C)C1CCOC1.C[N+](C)(C/C=C/C(=O)Nc1cccc(-n2c(=O)n(-c3ccc(Oc4cccc(F)c4)cc3)c3c(N)ncnc32)c1)C1CCOC1. The molecule has 1 aliphatic carbocycles. The maximum absolute atomic E-state index is 14.2. The Bertz CT molecular complexity index is 7300. The summed E-state index contributed by atoms with van der Waals surface area (Å²) < 4.78 is 76.4. The summed E-state index contributed by atoms with van der Waals surface area (Å²) in [5.41, 5.74) is 23.6. The second-order valence-electron chi connectivity index (χ2n) is 34.5. The number of carbonyl (C=O) groups excluding carboxylic acids is 3. The topological polar surface area (TPSA) is 394 Å². The van der Waals surface area contributed by atoms with Crippen LogP contribution in [0.4, 0.5) is 43.3 Å². The van der Waals surface area contributed by atoms with E-state index in [0.29, 0.717) is 145 Å². The van der Waals surface area contributed by atoms with Crippen LogP contribution in [0, 0.1) is 16.8 Å². The van der Waals surface area contributed by atoms with Gasteiger partial charge in [-0.1, -0.05) is 36.4 Å². The maximum atomic E-state index is 14.2. The number of anilines is 6. The van der Waals surface area contributed by atoms with Crippen molar-refractivity contribution in [2.75, 3.05) is 142 Å². The number of halogens is 2. The molecule has 2 aliphatic heterocycles. The van der Waals surface area contributed by atoms with E-state index in [0.717, 1.165) is 61.1 Å². The van der Waals surface area contributed by atoms with Crippen molar-refractivity contribution in [2.24, 2.45) is 0 Å². The molecular formula is C101H103F2N21O14+2. The molecule has 3 amide bonds. The fourth-order valence-corrected chi connectivity index (χ4v) is 16.5. The number of nitrogens with one attached hydrogen (secondary N) is 1. The molecule has 3 unspecified atom stereocenters. The third-order valence-corrected chi connectivity index (χ3v) is 24.4. The van der Waals surface area contributed by atoms with E-state index in [2.05, 4.69) is 63.4 Å². The first-order valence-electron chi connectivity index (χ1n) is 44.3. The lowest BCUT2D eigenvalue weighted by Gasteiger charge is -2.38. The van der Waals surface area contributed by atoms with E-state index in [9.17, 15) is 42.8 Å². The number of fused-ring (bicyclic) bond motifs is 3. The Morgan fingerprint density at radius 1 is 0.428 bits per heavy atom. The minimum atomic E-state index is -0.487. The summed E-state index contributed by atoms with van der Waals surface area (Å²) in [7, 11) is 16.4. The predicted octanol–water partition coefficient (Wildman–Crippen LogP) is 13.5. The van der Waals surface area contributed by atoms with Crippen molar-refractivity contribution in [3.63, 3.8) is 0 Å². The Kier molecular flexibility index (Phi) is 28.1. The summed E-state index contributed by atoms with van der Waals surface area (Å²) in [4.78, 5) is 110. The highest BCUT2D eigenvalue weighted by atomic mass is 19.1. The first kappa shape index (κ1) is 94.9. The van der Waals surface area contributed by atoms with Gasteiger partial charge in [0.05, 0.1) is 147 Å². The standard InChI is InChI=1S/C35H38N7O5.C33H32FN7O5.C33H32FN7O4/c1-39(31(43)11-8-19-42(2,3)26-18-20-46-22-26)29-21-25(14-17-30(29)45-4)41-34-32(33(36)37-23-38-34)40(35(41)44)24-12-15-28(16-13-24)47-27-9-6-5-7-10-27;1-38(29(42)8-5-17-41(2,44)24-12-13-24)27-19-23(11-16-28(27)45-3)40-32-30(31(35)36-20-37-32)39(33(40)43)22-9-14-25(15-10-22)46-26-7-4-6-21(34)18-26;1-41(2,26-15-17-44-20-26)16-5-10-29(42)38-23-7-4-8-25(19-23)40-32-30(31(35)36-21-37-32)39(33(40)43)24-11-13-27(14-12-24)45-28-9-3-6-22(34)18-28/h5-17,21,23,26H,18-20,22H2,1-4H3,(H2,36,37,38);4-11,14-16,18-20,24H,12-13,17H2,1-3H3,(H2,35,36,37);3-14,18-19,21,26H,15-17,20H2,1-2H3,(H2-,35,36,37,38,42)/q+1;;/p+1/b11-8+;8-5+;10-5+. The molecule has 37 heteroatoms. The zero-order valence-corrected chi connectivity index (χ0v) is 77.2. The van der Waals surface area contributed by atoms with Crippen LogP contribution in [0.5, 0.6) is 46.0 Å². The van der Waals surface area contributed by atoms with Gasteiger partial charge in [0.2, 0.25) is 5.91 Å². The first-order valence-corrected chi connectivity index (χ1v) is 44.3. The maximum Gasteiger partial charge on any atom is 0.339 e. The molecule has 138 heavy (non-hydrogen) atoms. The molecule has 9 aromatic carbocycles. The van der Waals surface area contributed by atoms with Crippen LogP contribution in [0.3, 0.4) is 0 Å². The number of hydrogen-bond acceptors (Lipinski definition) is 23. The molecule has 3 fully saturated rings. The lowest BCUT2D eigenvalue weighted by Crippen LogP contribution is -2.49. The fourth-order valence-electron chi connectivity index (χ4n) is 16.5. The monoisotopic (exact) mass is 1870 g/mol. The van der Waals surface area contributed by atoms with Crippen LogP contribution in [0.15, 0.2) is 282 Å². The minimum Gasteiger partial charge on any atom is -0.633 e. The highest BCUT2D eigenvalue weighted by molar-refractivity contribution is 6.03. The van der Waals surface area contributed by atoms with Crippen LogP contribution in [0.25, 0.3) is 67.6 Å². The number of ether oxygens (including phenoxy) is 7. The van der Waals surface area contributed by atoms with E-state index in [1.54, 1.807) is 191 Å². The number of likely N-dealkylation sites (N-methyl/N-ethyl adjacent to an activating group) is 5.